The Balaban J connectivity index is 1.29. The van der Waals surface area contributed by atoms with Gasteiger partial charge in [-0.2, -0.15) is 0 Å². The number of ether oxygens (including phenoxy) is 3. The summed E-state index contributed by atoms with van der Waals surface area (Å²) >= 11 is 0. The summed E-state index contributed by atoms with van der Waals surface area (Å²) < 4.78 is 17.5. The Morgan fingerprint density at radius 3 is 2.64 bits per heavy atom. The van der Waals surface area contributed by atoms with Gasteiger partial charge < -0.3 is 14.2 Å². The van der Waals surface area contributed by atoms with Gasteiger partial charge >= 0.3 is 11.9 Å². The summed E-state index contributed by atoms with van der Waals surface area (Å²) in [5.41, 5.74) is 3.62. The molecule has 0 bridgehead atoms. The van der Waals surface area contributed by atoms with Gasteiger partial charge in [0.1, 0.15) is 12.2 Å². The van der Waals surface area contributed by atoms with Gasteiger partial charge in [0.25, 0.3) is 0 Å². The van der Waals surface area contributed by atoms with Crippen LogP contribution in [0.2, 0.25) is 0 Å². The molecule has 5 heteroatoms. The topological polar surface area (TPSA) is 61.8 Å². The van der Waals surface area contributed by atoms with E-state index in [4.69, 9.17) is 14.2 Å². The maximum atomic E-state index is 11.5. The zero-order chi connectivity index (χ0) is 25.8. The maximum Gasteiger partial charge on any atom is 0.302 e. The molecule has 5 aliphatic rings. The lowest BCUT2D eigenvalue weighted by molar-refractivity contribution is -0.148. The van der Waals surface area contributed by atoms with Crippen LogP contribution in [0.25, 0.3) is 0 Å². The first-order valence-electron chi connectivity index (χ1n) is 14.4. The van der Waals surface area contributed by atoms with Crippen LogP contribution in [0.15, 0.2) is 23.0 Å². The van der Waals surface area contributed by atoms with Crippen LogP contribution in [0.3, 0.4) is 0 Å². The van der Waals surface area contributed by atoms with Gasteiger partial charge in [0.05, 0.1) is 12.4 Å². The third-order valence-corrected chi connectivity index (χ3v) is 11.0. The zero-order valence-corrected chi connectivity index (χ0v) is 23.2. The van der Waals surface area contributed by atoms with E-state index >= 15 is 0 Å². The van der Waals surface area contributed by atoms with Crippen molar-refractivity contribution < 1.29 is 23.8 Å². The van der Waals surface area contributed by atoms with Crippen molar-refractivity contribution in [2.24, 2.45) is 40.4 Å². The highest BCUT2D eigenvalue weighted by Crippen LogP contribution is 2.69. The highest BCUT2D eigenvalue weighted by Gasteiger charge is 2.63. The number of fused-ring (bicyclic) bond motifs is 7. The Morgan fingerprint density at radius 2 is 1.92 bits per heavy atom. The SMILES string of the molecule is CC(=O)OCC(C)CCC1=C(C)[C@H]2[C@H](C[C@H]3[C@@H]4CC=C5CC(OC(C)=O)CC[C@]5(C)[C@H]4CC[C@@]32C)O1. The lowest BCUT2D eigenvalue weighted by Crippen LogP contribution is -2.50. The minimum atomic E-state index is -0.200. The summed E-state index contributed by atoms with van der Waals surface area (Å²) in [6.45, 7) is 13.1. The van der Waals surface area contributed by atoms with E-state index in [0.717, 1.165) is 43.9 Å². The molecule has 0 radical (unpaired) electrons. The molecule has 3 saturated carbocycles. The summed E-state index contributed by atoms with van der Waals surface area (Å²) in [6.07, 6.45) is 12.9. The summed E-state index contributed by atoms with van der Waals surface area (Å²) in [7, 11) is 0. The molecule has 0 amide bonds. The molecule has 0 aromatic rings. The fourth-order valence-corrected chi connectivity index (χ4v) is 9.27. The van der Waals surface area contributed by atoms with Crippen molar-refractivity contribution in [3.05, 3.63) is 23.0 Å². The molecule has 0 aromatic heterocycles. The van der Waals surface area contributed by atoms with Crippen molar-refractivity contribution in [2.75, 3.05) is 6.61 Å². The monoisotopic (exact) mass is 498 g/mol. The van der Waals surface area contributed by atoms with Gasteiger partial charge in [-0.15, -0.1) is 0 Å². The highest BCUT2D eigenvalue weighted by molar-refractivity contribution is 5.66. The molecular formula is C31H46O5. The van der Waals surface area contributed by atoms with Crippen LogP contribution in [0, 0.1) is 40.4 Å². The molecule has 36 heavy (non-hydrogen) atoms. The molecule has 200 valence electrons. The van der Waals surface area contributed by atoms with Crippen LogP contribution < -0.4 is 0 Å². The van der Waals surface area contributed by atoms with Gasteiger partial charge in [-0.25, -0.2) is 0 Å². The second-order valence-electron chi connectivity index (χ2n) is 13.2. The van der Waals surface area contributed by atoms with Crippen LogP contribution in [-0.2, 0) is 23.8 Å². The molecule has 0 N–H and O–H groups in total. The van der Waals surface area contributed by atoms with Gasteiger partial charge in [-0.1, -0.05) is 32.4 Å². The number of carbonyl (C=O) groups is 2. The zero-order valence-electron chi connectivity index (χ0n) is 23.2. The lowest BCUT2D eigenvalue weighted by Gasteiger charge is -2.58. The average molecular weight is 499 g/mol. The van der Waals surface area contributed by atoms with E-state index in [-0.39, 0.29) is 23.5 Å². The normalized spacial score (nSPS) is 41.8. The van der Waals surface area contributed by atoms with Gasteiger partial charge in [-0.3, -0.25) is 9.59 Å². The van der Waals surface area contributed by atoms with Crippen LogP contribution in [-0.4, -0.2) is 30.8 Å². The number of hydrogen-bond donors (Lipinski definition) is 0. The predicted molar refractivity (Wildman–Crippen MR) is 139 cm³/mol. The molecule has 5 nitrogen and oxygen atoms in total. The number of esters is 2. The molecule has 3 fully saturated rings. The summed E-state index contributed by atoms with van der Waals surface area (Å²) in [6, 6.07) is 0. The first-order valence-corrected chi connectivity index (χ1v) is 14.4. The lowest BCUT2D eigenvalue weighted by atomic mass is 9.47. The highest BCUT2D eigenvalue weighted by atomic mass is 16.5. The van der Waals surface area contributed by atoms with Gasteiger partial charge in [-0.05, 0) is 91.9 Å². The quantitative estimate of drug-likeness (QED) is 0.299. The van der Waals surface area contributed by atoms with Gasteiger partial charge in [0.15, 0.2) is 0 Å². The van der Waals surface area contributed by atoms with Crippen molar-refractivity contribution in [1.82, 2.24) is 0 Å². The third-order valence-electron chi connectivity index (χ3n) is 11.0. The minimum absolute atomic E-state index is 0.0643. The maximum absolute atomic E-state index is 11.5. The molecule has 9 atom stereocenters. The Hall–Kier alpha value is -1.78. The van der Waals surface area contributed by atoms with E-state index in [9.17, 15) is 9.59 Å². The Morgan fingerprint density at radius 1 is 1.14 bits per heavy atom. The van der Waals surface area contributed by atoms with Crippen LogP contribution in [0.5, 0.6) is 0 Å². The average Bonchev–Trinajstić information content (AvgIpc) is 3.29. The molecule has 4 aliphatic carbocycles. The van der Waals surface area contributed by atoms with E-state index in [1.165, 1.54) is 50.9 Å². The first-order chi connectivity index (χ1) is 17.0. The third kappa shape index (κ3) is 4.32. The van der Waals surface area contributed by atoms with Crippen LogP contribution in [0.4, 0.5) is 0 Å². The fraction of sp³-hybridized carbons (Fsp3) is 0.806. The second kappa shape index (κ2) is 9.51. The van der Waals surface area contributed by atoms with Crippen molar-refractivity contribution in [3.8, 4) is 0 Å². The molecular weight excluding hydrogens is 452 g/mol. The van der Waals surface area contributed by atoms with Crippen LogP contribution in [0.1, 0.15) is 99.3 Å². The Kier molecular flexibility index (Phi) is 6.83. The van der Waals surface area contributed by atoms with Crippen molar-refractivity contribution >= 4 is 11.9 Å². The largest absolute Gasteiger partial charge is 0.494 e. The smallest absolute Gasteiger partial charge is 0.302 e. The van der Waals surface area contributed by atoms with Gasteiger partial charge in [0.2, 0.25) is 0 Å². The predicted octanol–water partition coefficient (Wildman–Crippen LogP) is 6.76. The standard InChI is InChI=1S/C31H46O5/c1-18(17-34-20(3)32)7-10-27-19(2)29-28(36-27)16-26-24-9-8-22-15-23(35-21(4)33)11-13-30(22,5)25(24)12-14-31(26,29)6/h8,18,23-26,28-29H,7,9-17H2,1-6H3/t18?,23?,24-,25+,26+,28+,29+,30+,31+/m1/s1. The number of carbonyl (C=O) groups excluding carboxylic acids is 2. The molecule has 1 heterocycles. The first kappa shape index (κ1) is 25.9. The second-order valence-corrected chi connectivity index (χ2v) is 13.2. The van der Waals surface area contributed by atoms with Crippen molar-refractivity contribution in [2.45, 2.75) is 112 Å². The van der Waals surface area contributed by atoms with E-state index < -0.39 is 0 Å². The van der Waals surface area contributed by atoms with E-state index in [1.54, 1.807) is 5.57 Å². The fourth-order valence-electron chi connectivity index (χ4n) is 9.27. The number of rotatable bonds is 6. The molecule has 2 unspecified atom stereocenters. The molecule has 0 saturated heterocycles. The Labute approximate surface area is 217 Å². The molecule has 5 rings (SSSR count). The van der Waals surface area contributed by atoms with E-state index in [1.807, 2.05) is 0 Å². The molecule has 0 spiro atoms. The minimum Gasteiger partial charge on any atom is -0.494 e. The molecule has 0 aromatic carbocycles. The Bertz CT molecular complexity index is 964. The van der Waals surface area contributed by atoms with Gasteiger partial charge in [0, 0.05) is 32.6 Å². The van der Waals surface area contributed by atoms with Crippen molar-refractivity contribution in [3.63, 3.8) is 0 Å². The van der Waals surface area contributed by atoms with Crippen molar-refractivity contribution in [1.29, 1.82) is 0 Å². The van der Waals surface area contributed by atoms with E-state index in [2.05, 4.69) is 33.8 Å². The number of allylic oxidation sites excluding steroid dienone is 2. The summed E-state index contributed by atoms with van der Waals surface area (Å²) in [5.74, 6) is 3.93. The number of hydrogen-bond acceptors (Lipinski definition) is 5. The summed E-state index contributed by atoms with van der Waals surface area (Å²) in [4.78, 5) is 22.7. The summed E-state index contributed by atoms with van der Waals surface area (Å²) in [5, 5.41) is 0. The van der Waals surface area contributed by atoms with E-state index in [0.29, 0.717) is 35.9 Å². The van der Waals surface area contributed by atoms with Crippen LogP contribution >= 0.6 is 0 Å². The molecule has 1 aliphatic heterocycles.